The molecule has 1 aliphatic rings. The summed E-state index contributed by atoms with van der Waals surface area (Å²) in [7, 11) is 3.47. The average Bonchev–Trinajstić information content (AvgIpc) is 2.99. The zero-order valence-corrected chi connectivity index (χ0v) is 13.1. The summed E-state index contributed by atoms with van der Waals surface area (Å²) in [4.78, 5) is 14.0. The topological polar surface area (TPSA) is 34.5 Å². The van der Waals surface area contributed by atoms with E-state index in [0.717, 1.165) is 18.7 Å². The van der Waals surface area contributed by atoms with Crippen molar-refractivity contribution in [1.82, 2.24) is 9.47 Å². The predicted octanol–water partition coefficient (Wildman–Crippen LogP) is 2.62. The van der Waals surface area contributed by atoms with Crippen LogP contribution >= 0.6 is 0 Å². The second-order valence-electron chi connectivity index (χ2n) is 6.15. The standard InChI is InChI=1S/C17H22N2O2/c1-11(2)19-9-12-5-15-14(7-17(20)21-4)8-18(3)16(15)6-13(12)10-19/h5-6,8,11H,7,9-10H2,1-4H3. The quantitative estimate of drug-likeness (QED) is 0.814. The van der Waals surface area contributed by atoms with E-state index in [9.17, 15) is 4.79 Å². The first-order valence-electron chi connectivity index (χ1n) is 7.40. The maximum absolute atomic E-state index is 11.6. The fourth-order valence-electron chi connectivity index (χ4n) is 3.12. The van der Waals surface area contributed by atoms with Crippen LogP contribution in [0.2, 0.25) is 0 Å². The number of fused-ring (bicyclic) bond motifs is 2. The van der Waals surface area contributed by atoms with Gasteiger partial charge in [0, 0.05) is 43.3 Å². The highest BCUT2D eigenvalue weighted by molar-refractivity contribution is 5.89. The van der Waals surface area contributed by atoms with Crippen LogP contribution in [0.25, 0.3) is 10.9 Å². The Morgan fingerprint density at radius 2 is 1.95 bits per heavy atom. The number of benzene rings is 1. The van der Waals surface area contributed by atoms with E-state index >= 15 is 0 Å². The minimum Gasteiger partial charge on any atom is -0.469 e. The number of nitrogens with zero attached hydrogens (tertiary/aromatic N) is 2. The van der Waals surface area contributed by atoms with Gasteiger partial charge >= 0.3 is 5.97 Å². The third-order valence-electron chi connectivity index (χ3n) is 4.43. The van der Waals surface area contributed by atoms with Gasteiger partial charge in [0.2, 0.25) is 0 Å². The molecule has 0 spiro atoms. The normalized spacial score (nSPS) is 14.9. The molecule has 0 N–H and O–H groups in total. The third-order valence-corrected chi connectivity index (χ3v) is 4.43. The van der Waals surface area contributed by atoms with Crippen LogP contribution in [-0.4, -0.2) is 28.6 Å². The van der Waals surface area contributed by atoms with E-state index in [0.29, 0.717) is 12.5 Å². The van der Waals surface area contributed by atoms with Crippen LogP contribution in [0, 0.1) is 0 Å². The Bertz CT molecular complexity index is 700. The number of aromatic nitrogens is 1. The van der Waals surface area contributed by atoms with Crippen LogP contribution in [0.5, 0.6) is 0 Å². The van der Waals surface area contributed by atoms with E-state index in [-0.39, 0.29) is 5.97 Å². The minimum absolute atomic E-state index is 0.188. The molecular weight excluding hydrogens is 264 g/mol. The molecular formula is C17H22N2O2. The van der Waals surface area contributed by atoms with E-state index in [1.54, 1.807) is 0 Å². The molecule has 2 heterocycles. The van der Waals surface area contributed by atoms with Crippen molar-refractivity contribution in [2.75, 3.05) is 7.11 Å². The van der Waals surface area contributed by atoms with E-state index < -0.39 is 0 Å². The molecule has 0 saturated carbocycles. The monoisotopic (exact) mass is 286 g/mol. The van der Waals surface area contributed by atoms with Crippen molar-refractivity contribution in [2.24, 2.45) is 7.05 Å². The predicted molar refractivity (Wildman–Crippen MR) is 83.0 cm³/mol. The van der Waals surface area contributed by atoms with Crippen molar-refractivity contribution in [3.05, 3.63) is 35.0 Å². The fourth-order valence-corrected chi connectivity index (χ4v) is 3.12. The Kier molecular flexibility index (Phi) is 3.49. The highest BCUT2D eigenvalue weighted by Gasteiger charge is 2.23. The lowest BCUT2D eigenvalue weighted by Crippen LogP contribution is -2.24. The van der Waals surface area contributed by atoms with Crippen LogP contribution in [0.3, 0.4) is 0 Å². The van der Waals surface area contributed by atoms with Crippen LogP contribution in [-0.2, 0) is 36.1 Å². The molecule has 0 fully saturated rings. The smallest absolute Gasteiger partial charge is 0.310 e. The number of hydrogen-bond donors (Lipinski definition) is 0. The van der Waals surface area contributed by atoms with Gasteiger partial charge in [0.25, 0.3) is 0 Å². The number of ether oxygens (including phenoxy) is 1. The Balaban J connectivity index is 2.03. The molecule has 3 rings (SSSR count). The Morgan fingerprint density at radius 3 is 2.57 bits per heavy atom. The molecule has 1 aromatic heterocycles. The van der Waals surface area contributed by atoms with Gasteiger partial charge in [-0.15, -0.1) is 0 Å². The Hall–Kier alpha value is -1.81. The number of aryl methyl sites for hydroxylation is 1. The number of carbonyl (C=O) groups excluding carboxylic acids is 1. The number of esters is 1. The maximum Gasteiger partial charge on any atom is 0.310 e. The summed E-state index contributed by atoms with van der Waals surface area (Å²) in [6.45, 7) is 6.47. The molecule has 1 aliphatic heterocycles. The van der Waals surface area contributed by atoms with Crippen molar-refractivity contribution in [3.63, 3.8) is 0 Å². The van der Waals surface area contributed by atoms with E-state index in [4.69, 9.17) is 4.74 Å². The molecule has 0 aliphatic carbocycles. The largest absolute Gasteiger partial charge is 0.469 e. The van der Waals surface area contributed by atoms with Crippen LogP contribution < -0.4 is 0 Å². The molecule has 4 nitrogen and oxygen atoms in total. The molecule has 1 aromatic carbocycles. The SMILES string of the molecule is COC(=O)Cc1cn(C)c2cc3c(cc12)CN(C(C)C)C3. The zero-order chi connectivity index (χ0) is 15.1. The lowest BCUT2D eigenvalue weighted by molar-refractivity contribution is -0.139. The van der Waals surface area contributed by atoms with Crippen molar-refractivity contribution in [2.45, 2.75) is 39.4 Å². The van der Waals surface area contributed by atoms with Gasteiger partial charge in [-0.1, -0.05) is 0 Å². The van der Waals surface area contributed by atoms with E-state index in [1.807, 2.05) is 13.2 Å². The summed E-state index contributed by atoms with van der Waals surface area (Å²) in [5.41, 5.74) is 5.03. The number of methoxy groups -OCH3 is 1. The molecule has 21 heavy (non-hydrogen) atoms. The van der Waals surface area contributed by atoms with Crippen LogP contribution in [0.4, 0.5) is 0 Å². The average molecular weight is 286 g/mol. The molecule has 0 bridgehead atoms. The summed E-state index contributed by atoms with van der Waals surface area (Å²) in [5, 5.41) is 1.17. The second-order valence-corrected chi connectivity index (χ2v) is 6.15. The van der Waals surface area contributed by atoms with E-state index in [2.05, 4.69) is 35.4 Å². The maximum atomic E-state index is 11.6. The summed E-state index contributed by atoms with van der Waals surface area (Å²) in [5.74, 6) is -0.188. The first-order valence-corrected chi connectivity index (χ1v) is 7.40. The van der Waals surface area contributed by atoms with Crippen LogP contribution in [0.1, 0.15) is 30.5 Å². The van der Waals surface area contributed by atoms with Crippen LogP contribution in [0.15, 0.2) is 18.3 Å². The number of rotatable bonds is 3. The second kappa shape index (κ2) is 5.19. The summed E-state index contributed by atoms with van der Waals surface area (Å²) in [6.07, 6.45) is 2.37. The molecule has 0 amide bonds. The zero-order valence-electron chi connectivity index (χ0n) is 13.1. The molecule has 0 unspecified atom stereocenters. The van der Waals surface area contributed by atoms with Crippen molar-refractivity contribution >= 4 is 16.9 Å². The first kappa shape index (κ1) is 14.1. The summed E-state index contributed by atoms with van der Waals surface area (Å²) < 4.78 is 6.90. The summed E-state index contributed by atoms with van der Waals surface area (Å²) >= 11 is 0. The molecule has 4 heteroatoms. The molecule has 0 radical (unpaired) electrons. The third kappa shape index (κ3) is 2.44. The van der Waals surface area contributed by atoms with Gasteiger partial charge < -0.3 is 9.30 Å². The summed E-state index contributed by atoms with van der Waals surface area (Å²) in [6, 6.07) is 5.08. The lowest BCUT2D eigenvalue weighted by atomic mass is 10.0. The van der Waals surface area contributed by atoms with Crippen molar-refractivity contribution in [1.29, 1.82) is 0 Å². The minimum atomic E-state index is -0.188. The molecule has 0 atom stereocenters. The highest BCUT2D eigenvalue weighted by atomic mass is 16.5. The molecule has 0 saturated heterocycles. The van der Waals surface area contributed by atoms with Crippen molar-refractivity contribution in [3.8, 4) is 0 Å². The van der Waals surface area contributed by atoms with Gasteiger partial charge in [0.1, 0.15) is 0 Å². The van der Waals surface area contributed by atoms with Gasteiger partial charge in [-0.2, -0.15) is 0 Å². The van der Waals surface area contributed by atoms with E-state index in [1.165, 1.54) is 29.1 Å². The van der Waals surface area contributed by atoms with Gasteiger partial charge in [-0.05, 0) is 42.7 Å². The molecule has 2 aromatic rings. The van der Waals surface area contributed by atoms with Gasteiger partial charge in [0.05, 0.1) is 13.5 Å². The lowest BCUT2D eigenvalue weighted by Gasteiger charge is -2.18. The number of hydrogen-bond acceptors (Lipinski definition) is 3. The first-order chi connectivity index (χ1) is 9.99. The van der Waals surface area contributed by atoms with Crippen molar-refractivity contribution < 1.29 is 9.53 Å². The molecule has 112 valence electrons. The highest BCUT2D eigenvalue weighted by Crippen LogP contribution is 2.31. The van der Waals surface area contributed by atoms with Gasteiger partial charge in [-0.3, -0.25) is 9.69 Å². The fraction of sp³-hybridized carbons (Fsp3) is 0.471. The van der Waals surface area contributed by atoms with Gasteiger partial charge in [0.15, 0.2) is 0 Å². The van der Waals surface area contributed by atoms with Gasteiger partial charge in [-0.25, -0.2) is 0 Å². The Morgan fingerprint density at radius 1 is 1.29 bits per heavy atom. The number of carbonyl (C=O) groups is 1. The Labute approximate surface area is 125 Å².